The maximum atomic E-state index is 11.3. The number of nitrogens with one attached hydrogen (secondary N) is 1. The van der Waals surface area contributed by atoms with Gasteiger partial charge in [-0.2, -0.15) is 5.26 Å². The molecule has 0 spiro atoms. The zero-order valence-corrected chi connectivity index (χ0v) is 15.6. The number of ether oxygens (including phenoxy) is 1. The number of anilines is 1. The first-order valence-electron chi connectivity index (χ1n) is 8.07. The van der Waals surface area contributed by atoms with Crippen LogP contribution < -0.4 is 9.46 Å². The van der Waals surface area contributed by atoms with Crippen LogP contribution in [0.2, 0.25) is 0 Å². The molecule has 3 aromatic rings. The Balaban J connectivity index is 2.12. The average Bonchev–Trinajstić information content (AvgIpc) is 2.86. The summed E-state index contributed by atoms with van der Waals surface area (Å²) >= 11 is 0. The molecular weight excluding hydrogens is 350 g/mol. The van der Waals surface area contributed by atoms with Gasteiger partial charge in [-0.05, 0) is 36.8 Å². The molecule has 0 saturated carbocycles. The molecule has 0 saturated heterocycles. The molecule has 6 nitrogen and oxygen atoms in total. The van der Waals surface area contributed by atoms with Crippen molar-refractivity contribution < 1.29 is 13.2 Å². The van der Waals surface area contributed by atoms with Gasteiger partial charge in [0.1, 0.15) is 11.8 Å². The summed E-state index contributed by atoms with van der Waals surface area (Å²) in [5.41, 5.74) is 3.57. The molecule has 0 radical (unpaired) electrons. The highest BCUT2D eigenvalue weighted by Crippen LogP contribution is 2.34. The van der Waals surface area contributed by atoms with Gasteiger partial charge in [0.15, 0.2) is 0 Å². The van der Waals surface area contributed by atoms with Crippen LogP contribution in [0.1, 0.15) is 12.5 Å². The van der Waals surface area contributed by atoms with Crippen molar-refractivity contribution in [3.63, 3.8) is 0 Å². The zero-order valence-electron chi connectivity index (χ0n) is 14.8. The van der Waals surface area contributed by atoms with Crippen LogP contribution in [0, 0.1) is 11.3 Å². The van der Waals surface area contributed by atoms with Crippen LogP contribution in [0.5, 0.6) is 5.75 Å². The van der Waals surface area contributed by atoms with Gasteiger partial charge in [0.2, 0.25) is 10.0 Å². The highest BCUT2D eigenvalue weighted by molar-refractivity contribution is 7.92. The maximum absolute atomic E-state index is 11.3. The predicted molar refractivity (Wildman–Crippen MR) is 103 cm³/mol. The predicted octanol–water partition coefficient (Wildman–Crippen LogP) is 3.49. The summed E-state index contributed by atoms with van der Waals surface area (Å²) in [6.45, 7) is 2.50. The first-order chi connectivity index (χ1) is 12.3. The Morgan fingerprint density at radius 3 is 2.46 bits per heavy atom. The van der Waals surface area contributed by atoms with Gasteiger partial charge >= 0.3 is 0 Å². The molecule has 134 valence electrons. The van der Waals surface area contributed by atoms with Crippen LogP contribution in [0.4, 0.5) is 5.69 Å². The minimum Gasteiger partial charge on any atom is -0.494 e. The monoisotopic (exact) mass is 369 g/mol. The topological polar surface area (TPSA) is 84.1 Å². The van der Waals surface area contributed by atoms with Gasteiger partial charge in [-0.1, -0.05) is 12.1 Å². The molecule has 3 rings (SSSR count). The van der Waals surface area contributed by atoms with Gasteiger partial charge in [0, 0.05) is 24.2 Å². The Labute approximate surface area is 152 Å². The molecule has 0 aliphatic heterocycles. The van der Waals surface area contributed by atoms with E-state index in [9.17, 15) is 13.7 Å². The number of hydrogen-bond acceptors (Lipinski definition) is 4. The number of benzene rings is 2. The average molecular weight is 369 g/mol. The number of nitrogens with zero attached hydrogens (tertiary/aromatic N) is 2. The standard InChI is InChI=1S/C19H19N3O3S/c1-4-25-15-9-10-16-17(12-20)19(22(2)18(16)11-15)13-5-7-14(8-6-13)21-26(3,23)24/h5-11,21H,4H2,1-3H3. The minimum absolute atomic E-state index is 0.479. The quantitative estimate of drug-likeness (QED) is 0.746. The molecule has 0 amide bonds. The second-order valence-electron chi connectivity index (χ2n) is 5.96. The van der Waals surface area contributed by atoms with Crippen molar-refractivity contribution in [3.05, 3.63) is 48.0 Å². The molecule has 1 N–H and O–H groups in total. The van der Waals surface area contributed by atoms with Crippen LogP contribution in [-0.2, 0) is 17.1 Å². The molecule has 1 aromatic heterocycles. The Hall–Kier alpha value is -2.98. The highest BCUT2D eigenvalue weighted by atomic mass is 32.2. The van der Waals surface area contributed by atoms with Crippen LogP contribution >= 0.6 is 0 Å². The van der Waals surface area contributed by atoms with E-state index >= 15 is 0 Å². The first-order valence-corrected chi connectivity index (χ1v) is 9.96. The SMILES string of the molecule is CCOc1ccc2c(C#N)c(-c3ccc(NS(C)(=O)=O)cc3)n(C)c2c1. The summed E-state index contributed by atoms with van der Waals surface area (Å²) in [6.07, 6.45) is 1.11. The van der Waals surface area contributed by atoms with Crippen LogP contribution in [0.15, 0.2) is 42.5 Å². The van der Waals surface area contributed by atoms with E-state index in [0.717, 1.165) is 34.2 Å². The number of rotatable bonds is 5. The van der Waals surface area contributed by atoms with Crippen molar-refractivity contribution in [3.8, 4) is 23.1 Å². The number of sulfonamides is 1. The summed E-state index contributed by atoms with van der Waals surface area (Å²) in [6, 6.07) is 14.9. The van der Waals surface area contributed by atoms with Gasteiger partial charge in [0.25, 0.3) is 0 Å². The molecule has 26 heavy (non-hydrogen) atoms. The number of nitriles is 1. The number of aromatic nitrogens is 1. The Kier molecular flexibility index (Phi) is 4.62. The van der Waals surface area contributed by atoms with Crippen molar-refractivity contribution >= 4 is 26.6 Å². The summed E-state index contributed by atoms with van der Waals surface area (Å²) in [5.74, 6) is 0.754. The molecule has 2 aromatic carbocycles. The normalized spacial score (nSPS) is 11.3. The van der Waals surface area contributed by atoms with E-state index in [0.29, 0.717) is 17.9 Å². The van der Waals surface area contributed by atoms with Crippen LogP contribution in [0.3, 0.4) is 0 Å². The van der Waals surface area contributed by atoms with E-state index in [1.165, 1.54) is 0 Å². The lowest BCUT2D eigenvalue weighted by molar-refractivity contribution is 0.340. The lowest BCUT2D eigenvalue weighted by atomic mass is 10.1. The molecule has 0 atom stereocenters. The molecule has 0 aliphatic rings. The third kappa shape index (κ3) is 3.37. The fourth-order valence-electron chi connectivity index (χ4n) is 3.03. The highest BCUT2D eigenvalue weighted by Gasteiger charge is 2.17. The molecule has 7 heteroatoms. The zero-order chi connectivity index (χ0) is 18.9. The second-order valence-corrected chi connectivity index (χ2v) is 7.71. The van der Waals surface area contributed by atoms with Gasteiger partial charge in [-0.15, -0.1) is 0 Å². The van der Waals surface area contributed by atoms with Gasteiger partial charge in [-0.3, -0.25) is 4.72 Å². The molecule has 0 bridgehead atoms. The van der Waals surface area contributed by atoms with Crippen LogP contribution in [0.25, 0.3) is 22.2 Å². The van der Waals surface area contributed by atoms with E-state index in [1.54, 1.807) is 24.3 Å². The van der Waals surface area contributed by atoms with Crippen molar-refractivity contribution in [2.75, 3.05) is 17.6 Å². The third-order valence-electron chi connectivity index (χ3n) is 4.06. The van der Waals surface area contributed by atoms with Crippen molar-refractivity contribution in [1.29, 1.82) is 5.26 Å². The fourth-order valence-corrected chi connectivity index (χ4v) is 3.60. The maximum Gasteiger partial charge on any atom is 0.229 e. The van der Waals surface area contributed by atoms with E-state index in [-0.39, 0.29) is 0 Å². The second kappa shape index (κ2) is 6.73. The van der Waals surface area contributed by atoms with Gasteiger partial charge in [0.05, 0.1) is 29.6 Å². The summed E-state index contributed by atoms with van der Waals surface area (Å²) in [5, 5.41) is 10.5. The largest absolute Gasteiger partial charge is 0.494 e. The number of fused-ring (bicyclic) bond motifs is 1. The Bertz CT molecular complexity index is 1110. The molecule has 0 aliphatic carbocycles. The van der Waals surface area contributed by atoms with E-state index in [4.69, 9.17) is 4.74 Å². The van der Waals surface area contributed by atoms with E-state index in [1.807, 2.05) is 36.7 Å². The third-order valence-corrected chi connectivity index (χ3v) is 4.66. The Morgan fingerprint density at radius 1 is 1.19 bits per heavy atom. The molecule has 0 fully saturated rings. The summed E-state index contributed by atoms with van der Waals surface area (Å²) in [7, 11) is -1.43. The van der Waals surface area contributed by atoms with Crippen molar-refractivity contribution in [2.24, 2.45) is 7.05 Å². The molecule has 1 heterocycles. The fraction of sp³-hybridized carbons (Fsp3) is 0.211. The number of hydrogen-bond donors (Lipinski definition) is 1. The lowest BCUT2D eigenvalue weighted by Crippen LogP contribution is -2.09. The smallest absolute Gasteiger partial charge is 0.229 e. The van der Waals surface area contributed by atoms with E-state index in [2.05, 4.69) is 10.8 Å². The summed E-state index contributed by atoms with van der Waals surface area (Å²) < 4.78 is 32.6. The summed E-state index contributed by atoms with van der Waals surface area (Å²) in [4.78, 5) is 0. The molecule has 0 unspecified atom stereocenters. The molecular formula is C19H19N3O3S. The first kappa shape index (κ1) is 17.8. The van der Waals surface area contributed by atoms with E-state index < -0.39 is 10.0 Å². The van der Waals surface area contributed by atoms with Crippen molar-refractivity contribution in [2.45, 2.75) is 6.92 Å². The van der Waals surface area contributed by atoms with Gasteiger partial charge < -0.3 is 9.30 Å². The Morgan fingerprint density at radius 2 is 1.88 bits per heavy atom. The lowest BCUT2D eigenvalue weighted by Gasteiger charge is -2.08. The van der Waals surface area contributed by atoms with Crippen LogP contribution in [-0.4, -0.2) is 25.8 Å². The van der Waals surface area contributed by atoms with Gasteiger partial charge in [-0.25, -0.2) is 8.42 Å². The van der Waals surface area contributed by atoms with Crippen molar-refractivity contribution in [1.82, 2.24) is 4.57 Å². The number of aryl methyl sites for hydroxylation is 1. The minimum atomic E-state index is -3.33.